The van der Waals surface area contributed by atoms with Crippen molar-refractivity contribution in [3.63, 3.8) is 0 Å². The van der Waals surface area contributed by atoms with Gasteiger partial charge in [-0.3, -0.25) is 4.79 Å². The van der Waals surface area contributed by atoms with Crippen molar-refractivity contribution in [1.29, 1.82) is 0 Å². The number of benzene rings is 2. The van der Waals surface area contributed by atoms with Crippen LogP contribution in [0.5, 0.6) is 5.75 Å². The molecular formula is C20H19N3O2. The number of hydrogen-bond acceptors (Lipinski definition) is 3. The summed E-state index contributed by atoms with van der Waals surface area (Å²) in [7, 11) is 0. The summed E-state index contributed by atoms with van der Waals surface area (Å²) < 4.78 is 1.78. The largest absolute Gasteiger partial charge is 0.508 e. The zero-order valence-corrected chi connectivity index (χ0v) is 14.2. The van der Waals surface area contributed by atoms with Crippen molar-refractivity contribution in [3.8, 4) is 11.4 Å². The molecule has 2 N–H and O–H groups in total. The quantitative estimate of drug-likeness (QED) is 0.752. The van der Waals surface area contributed by atoms with Gasteiger partial charge >= 0.3 is 0 Å². The number of amides is 1. The van der Waals surface area contributed by atoms with E-state index in [0.29, 0.717) is 12.2 Å². The van der Waals surface area contributed by atoms with Gasteiger partial charge in [-0.1, -0.05) is 18.2 Å². The molecule has 0 saturated heterocycles. The van der Waals surface area contributed by atoms with Crippen LogP contribution in [0.2, 0.25) is 0 Å². The van der Waals surface area contributed by atoms with E-state index in [4.69, 9.17) is 0 Å². The van der Waals surface area contributed by atoms with Crippen molar-refractivity contribution in [3.05, 3.63) is 70.9 Å². The number of aromatic hydroxyl groups is 1. The van der Waals surface area contributed by atoms with Crippen molar-refractivity contribution in [2.45, 2.75) is 26.2 Å². The molecular weight excluding hydrogens is 314 g/mol. The van der Waals surface area contributed by atoms with Crippen LogP contribution >= 0.6 is 0 Å². The highest BCUT2D eigenvalue weighted by Crippen LogP contribution is 2.38. The average Bonchev–Trinajstić information content (AvgIpc) is 2.96. The fourth-order valence-electron chi connectivity index (χ4n) is 3.53. The van der Waals surface area contributed by atoms with Gasteiger partial charge in [0.05, 0.1) is 11.9 Å². The fourth-order valence-corrected chi connectivity index (χ4v) is 3.53. The molecule has 1 atom stereocenters. The van der Waals surface area contributed by atoms with Crippen LogP contribution in [0.15, 0.2) is 48.7 Å². The Morgan fingerprint density at radius 3 is 2.64 bits per heavy atom. The number of hydrogen-bond donors (Lipinski definition) is 2. The minimum atomic E-state index is -0.115. The van der Waals surface area contributed by atoms with E-state index >= 15 is 0 Å². The Balaban J connectivity index is 1.84. The molecule has 1 aromatic heterocycles. The molecule has 2 aromatic carbocycles. The molecule has 2 heterocycles. The standard InChI is InChI=1S/C20H19N3O2/c1-12-6-13(2)8-15(7-12)23-20-18(11-21-23)17(10-19(25)22-20)14-4-3-5-16(24)9-14/h3-9,11,17,24H,10H2,1-2H3,(H,22,25). The highest BCUT2D eigenvalue weighted by molar-refractivity contribution is 5.94. The van der Waals surface area contributed by atoms with Crippen LogP contribution in [-0.4, -0.2) is 20.8 Å². The van der Waals surface area contributed by atoms with Crippen LogP contribution in [0.3, 0.4) is 0 Å². The molecule has 0 aliphatic carbocycles. The summed E-state index contributed by atoms with van der Waals surface area (Å²) in [5.41, 5.74) is 5.09. The molecule has 0 radical (unpaired) electrons. The summed E-state index contributed by atoms with van der Waals surface area (Å²) in [6.07, 6.45) is 2.15. The number of carbonyl (C=O) groups is 1. The summed E-state index contributed by atoms with van der Waals surface area (Å²) in [5.74, 6) is 0.740. The number of aromatic nitrogens is 2. The molecule has 25 heavy (non-hydrogen) atoms. The molecule has 0 fully saturated rings. The summed E-state index contributed by atoms with van der Waals surface area (Å²) in [5, 5.41) is 17.3. The first-order valence-electron chi connectivity index (χ1n) is 8.26. The minimum absolute atomic E-state index is 0.0491. The van der Waals surface area contributed by atoms with Crippen LogP contribution in [0, 0.1) is 13.8 Å². The molecule has 1 amide bonds. The monoisotopic (exact) mass is 333 g/mol. The number of phenolic OH excluding ortho intramolecular Hbond substituents is 1. The van der Waals surface area contributed by atoms with Crippen molar-refractivity contribution in [2.24, 2.45) is 0 Å². The first-order chi connectivity index (χ1) is 12.0. The molecule has 0 bridgehead atoms. The number of phenols is 1. The van der Waals surface area contributed by atoms with Crippen LogP contribution in [-0.2, 0) is 4.79 Å². The van der Waals surface area contributed by atoms with E-state index in [1.54, 1.807) is 29.1 Å². The lowest BCUT2D eigenvalue weighted by Crippen LogP contribution is -2.24. The second kappa shape index (κ2) is 5.77. The molecule has 1 aliphatic heterocycles. The average molecular weight is 333 g/mol. The number of rotatable bonds is 2. The molecule has 1 aliphatic rings. The molecule has 0 saturated carbocycles. The van der Waals surface area contributed by atoms with Crippen molar-refractivity contribution in [2.75, 3.05) is 5.32 Å². The van der Waals surface area contributed by atoms with Gasteiger partial charge < -0.3 is 10.4 Å². The lowest BCUT2D eigenvalue weighted by Gasteiger charge is -2.24. The topological polar surface area (TPSA) is 67.2 Å². The van der Waals surface area contributed by atoms with Crippen LogP contribution in [0.4, 0.5) is 5.82 Å². The van der Waals surface area contributed by atoms with Gasteiger partial charge in [0.1, 0.15) is 11.6 Å². The zero-order chi connectivity index (χ0) is 17.6. The van der Waals surface area contributed by atoms with Gasteiger partial charge in [0, 0.05) is 17.9 Å². The van der Waals surface area contributed by atoms with Crippen LogP contribution in [0.1, 0.15) is 34.6 Å². The minimum Gasteiger partial charge on any atom is -0.508 e. The summed E-state index contributed by atoms with van der Waals surface area (Å²) in [6.45, 7) is 4.08. The van der Waals surface area contributed by atoms with E-state index in [9.17, 15) is 9.90 Å². The highest BCUT2D eigenvalue weighted by atomic mass is 16.3. The smallest absolute Gasteiger partial charge is 0.226 e. The summed E-state index contributed by atoms with van der Waals surface area (Å²) in [6, 6.07) is 13.3. The lowest BCUT2D eigenvalue weighted by atomic mass is 9.87. The molecule has 4 rings (SSSR count). The van der Waals surface area contributed by atoms with Gasteiger partial charge in [-0.25, -0.2) is 4.68 Å². The van der Waals surface area contributed by atoms with Gasteiger partial charge in [0.2, 0.25) is 5.91 Å². The Hall–Kier alpha value is -3.08. The maximum absolute atomic E-state index is 12.3. The molecule has 3 aromatic rings. The second-order valence-electron chi connectivity index (χ2n) is 6.61. The number of aryl methyl sites for hydroxylation is 2. The number of nitrogens with one attached hydrogen (secondary N) is 1. The van der Waals surface area contributed by atoms with E-state index in [1.807, 2.05) is 32.0 Å². The number of carbonyl (C=O) groups excluding carboxylic acids is 1. The summed E-state index contributed by atoms with van der Waals surface area (Å²) in [4.78, 5) is 12.3. The van der Waals surface area contributed by atoms with Gasteiger partial charge in [-0.05, 0) is 54.8 Å². The van der Waals surface area contributed by atoms with Gasteiger partial charge in [0.25, 0.3) is 0 Å². The third-order valence-electron chi connectivity index (χ3n) is 4.54. The third-order valence-corrected chi connectivity index (χ3v) is 4.54. The fraction of sp³-hybridized carbons (Fsp3) is 0.200. The van der Waals surface area contributed by atoms with Gasteiger partial charge in [-0.15, -0.1) is 0 Å². The van der Waals surface area contributed by atoms with E-state index in [0.717, 1.165) is 27.9 Å². The molecule has 1 unspecified atom stereocenters. The van der Waals surface area contributed by atoms with Gasteiger partial charge in [0.15, 0.2) is 0 Å². The normalized spacial score (nSPS) is 16.4. The molecule has 5 heteroatoms. The summed E-state index contributed by atoms with van der Waals surface area (Å²) >= 11 is 0. The maximum atomic E-state index is 12.3. The Labute approximate surface area is 145 Å². The maximum Gasteiger partial charge on any atom is 0.226 e. The Morgan fingerprint density at radius 1 is 1.16 bits per heavy atom. The van der Waals surface area contributed by atoms with Crippen LogP contribution in [0.25, 0.3) is 5.69 Å². The van der Waals surface area contributed by atoms with Crippen LogP contribution < -0.4 is 5.32 Å². The predicted octanol–water partition coefficient (Wildman–Crippen LogP) is 3.67. The molecule has 126 valence electrons. The molecule has 5 nitrogen and oxygen atoms in total. The van der Waals surface area contributed by atoms with Crippen molar-refractivity contribution >= 4 is 11.7 Å². The van der Waals surface area contributed by atoms with E-state index in [1.165, 1.54) is 0 Å². The van der Waals surface area contributed by atoms with E-state index in [-0.39, 0.29) is 17.6 Å². The van der Waals surface area contributed by atoms with Gasteiger partial charge in [-0.2, -0.15) is 5.10 Å². The molecule has 0 spiro atoms. The Bertz CT molecular complexity index is 955. The van der Waals surface area contributed by atoms with Crippen molar-refractivity contribution < 1.29 is 9.90 Å². The lowest BCUT2D eigenvalue weighted by molar-refractivity contribution is -0.116. The second-order valence-corrected chi connectivity index (χ2v) is 6.61. The zero-order valence-electron chi connectivity index (χ0n) is 14.2. The van der Waals surface area contributed by atoms with E-state index < -0.39 is 0 Å². The third kappa shape index (κ3) is 2.78. The first kappa shape index (κ1) is 15.4. The number of anilines is 1. The van der Waals surface area contributed by atoms with E-state index in [2.05, 4.69) is 16.5 Å². The number of fused-ring (bicyclic) bond motifs is 1. The Kier molecular flexibility index (Phi) is 3.57. The predicted molar refractivity (Wildman–Crippen MR) is 96.2 cm³/mol. The Morgan fingerprint density at radius 2 is 1.92 bits per heavy atom. The number of nitrogens with zero attached hydrogens (tertiary/aromatic N) is 2. The van der Waals surface area contributed by atoms with Crippen molar-refractivity contribution in [1.82, 2.24) is 9.78 Å². The first-order valence-corrected chi connectivity index (χ1v) is 8.26. The SMILES string of the molecule is Cc1cc(C)cc(-n2ncc3c2NC(=O)CC3c2cccc(O)c2)c1. The highest BCUT2D eigenvalue weighted by Gasteiger charge is 2.30.